The van der Waals surface area contributed by atoms with Gasteiger partial charge in [-0.3, -0.25) is 9.78 Å². The average Bonchev–Trinajstić information content (AvgIpc) is 2.47. The fourth-order valence-corrected chi connectivity index (χ4v) is 1.80. The smallest absolute Gasteiger partial charge is 0.252 e. The van der Waals surface area contributed by atoms with E-state index < -0.39 is 0 Å². The molecular weight excluding hydrogens is 286 g/mol. The minimum absolute atomic E-state index is 0.0715. The molecular formula is C14H17N5O3. The van der Waals surface area contributed by atoms with Crippen molar-refractivity contribution in [3.63, 3.8) is 0 Å². The Morgan fingerprint density at radius 2 is 2.18 bits per heavy atom. The maximum Gasteiger partial charge on any atom is 0.252 e. The predicted molar refractivity (Wildman–Crippen MR) is 83.5 cm³/mol. The van der Waals surface area contributed by atoms with Crippen LogP contribution in [-0.4, -0.2) is 30.1 Å². The lowest BCUT2D eigenvalue weighted by atomic mass is 10.3. The van der Waals surface area contributed by atoms with Gasteiger partial charge in [-0.2, -0.15) is 4.99 Å². The summed E-state index contributed by atoms with van der Waals surface area (Å²) in [4.78, 5) is 22.2. The molecule has 0 aliphatic rings. The van der Waals surface area contributed by atoms with Crippen molar-refractivity contribution in [2.75, 3.05) is 19.5 Å². The quantitative estimate of drug-likeness (QED) is 0.560. The highest BCUT2D eigenvalue weighted by atomic mass is 16.5. The summed E-state index contributed by atoms with van der Waals surface area (Å²) in [6, 6.07) is 8.59. The minimum atomic E-state index is -0.328. The molecule has 8 heteroatoms. The van der Waals surface area contributed by atoms with Crippen LogP contribution in [0.5, 0.6) is 5.75 Å². The lowest BCUT2D eigenvalue weighted by Crippen LogP contribution is -2.23. The van der Waals surface area contributed by atoms with E-state index in [2.05, 4.69) is 20.3 Å². The second-order valence-electron chi connectivity index (χ2n) is 4.32. The van der Waals surface area contributed by atoms with Gasteiger partial charge in [0.2, 0.25) is 11.9 Å². The van der Waals surface area contributed by atoms with Crippen molar-refractivity contribution in [2.45, 2.75) is 6.61 Å². The number of methoxy groups -OCH3 is 2. The van der Waals surface area contributed by atoms with Crippen LogP contribution in [0, 0.1) is 0 Å². The third-order valence-electron chi connectivity index (χ3n) is 2.67. The Kier molecular flexibility index (Phi) is 5.10. The van der Waals surface area contributed by atoms with Crippen LogP contribution in [0.2, 0.25) is 0 Å². The number of para-hydroxylation sites is 2. The minimum Gasteiger partial charge on any atom is -0.495 e. The van der Waals surface area contributed by atoms with Crippen molar-refractivity contribution in [1.82, 2.24) is 9.97 Å². The normalized spacial score (nSPS) is 11.3. The van der Waals surface area contributed by atoms with Crippen LogP contribution in [-0.2, 0) is 11.3 Å². The first-order chi connectivity index (χ1) is 10.6. The van der Waals surface area contributed by atoms with Crippen LogP contribution in [0.15, 0.2) is 40.1 Å². The van der Waals surface area contributed by atoms with Crippen LogP contribution in [0.1, 0.15) is 5.69 Å². The summed E-state index contributed by atoms with van der Waals surface area (Å²) in [5.74, 6) is 0.789. The molecule has 0 fully saturated rings. The van der Waals surface area contributed by atoms with Gasteiger partial charge in [-0.1, -0.05) is 12.1 Å². The summed E-state index contributed by atoms with van der Waals surface area (Å²) in [6.45, 7) is 0.215. The number of benzene rings is 1. The van der Waals surface area contributed by atoms with E-state index in [4.69, 9.17) is 15.2 Å². The molecule has 8 nitrogen and oxygen atoms in total. The van der Waals surface area contributed by atoms with E-state index in [1.165, 1.54) is 13.2 Å². The number of aliphatic imine (C=N–C) groups is 1. The molecule has 1 aromatic heterocycles. The third-order valence-corrected chi connectivity index (χ3v) is 2.67. The number of guanidine groups is 1. The van der Waals surface area contributed by atoms with Crippen LogP contribution in [0.3, 0.4) is 0 Å². The summed E-state index contributed by atoms with van der Waals surface area (Å²) in [7, 11) is 3.07. The molecule has 1 heterocycles. The standard InChI is InChI=1S/C14H17N5O3/c1-21-8-9-7-12(20)18-14(16-9)19-13(15)17-10-5-3-4-6-11(10)22-2/h3-7H,8H2,1-2H3,(H4,15,16,17,18,19,20). The Labute approximate surface area is 127 Å². The van der Waals surface area contributed by atoms with E-state index in [1.54, 1.807) is 19.2 Å². The first-order valence-electron chi connectivity index (χ1n) is 6.45. The number of nitrogens with zero attached hydrogens (tertiary/aromatic N) is 2. The van der Waals surface area contributed by atoms with Gasteiger partial charge in [0.25, 0.3) is 5.56 Å². The number of hydrogen-bond acceptors (Lipinski definition) is 5. The fraction of sp³-hybridized carbons (Fsp3) is 0.214. The number of rotatable bonds is 5. The van der Waals surface area contributed by atoms with E-state index in [0.29, 0.717) is 17.1 Å². The highest BCUT2D eigenvalue weighted by Crippen LogP contribution is 2.22. The average molecular weight is 303 g/mol. The lowest BCUT2D eigenvalue weighted by Gasteiger charge is -2.09. The molecule has 0 aliphatic heterocycles. The number of nitrogens with one attached hydrogen (secondary N) is 2. The SMILES string of the molecule is COCc1cc(=O)[nH]c(/N=C(\N)Nc2ccccc2OC)n1. The molecule has 0 amide bonds. The van der Waals surface area contributed by atoms with Gasteiger partial charge in [-0.25, -0.2) is 4.98 Å². The van der Waals surface area contributed by atoms with E-state index in [0.717, 1.165) is 0 Å². The molecule has 2 rings (SSSR count). The molecule has 0 radical (unpaired) electrons. The van der Waals surface area contributed by atoms with Crippen molar-refractivity contribution >= 4 is 17.6 Å². The number of hydrogen-bond donors (Lipinski definition) is 3. The lowest BCUT2D eigenvalue weighted by molar-refractivity contribution is 0.181. The third kappa shape index (κ3) is 4.06. The molecule has 0 saturated carbocycles. The fourth-order valence-electron chi connectivity index (χ4n) is 1.80. The zero-order chi connectivity index (χ0) is 15.9. The van der Waals surface area contributed by atoms with Crippen LogP contribution >= 0.6 is 0 Å². The number of anilines is 1. The van der Waals surface area contributed by atoms with Gasteiger partial charge in [0.05, 0.1) is 25.1 Å². The molecule has 0 spiro atoms. The summed E-state index contributed by atoms with van der Waals surface area (Å²) in [6.07, 6.45) is 0. The van der Waals surface area contributed by atoms with Crippen molar-refractivity contribution in [2.24, 2.45) is 10.7 Å². The van der Waals surface area contributed by atoms with Crippen molar-refractivity contribution < 1.29 is 9.47 Å². The van der Waals surface area contributed by atoms with Gasteiger partial charge in [-0.15, -0.1) is 0 Å². The maximum atomic E-state index is 11.5. The van der Waals surface area contributed by atoms with Gasteiger partial charge in [0.1, 0.15) is 5.75 Å². The van der Waals surface area contributed by atoms with Crippen LogP contribution in [0.25, 0.3) is 0 Å². The Hall–Kier alpha value is -2.87. The van der Waals surface area contributed by atoms with E-state index in [9.17, 15) is 4.79 Å². The maximum absolute atomic E-state index is 11.5. The zero-order valence-electron chi connectivity index (χ0n) is 12.3. The number of ether oxygens (including phenoxy) is 2. The Balaban J connectivity index is 2.23. The molecule has 22 heavy (non-hydrogen) atoms. The molecule has 116 valence electrons. The molecule has 2 aromatic rings. The predicted octanol–water partition coefficient (Wildman–Crippen LogP) is 0.983. The van der Waals surface area contributed by atoms with Gasteiger partial charge in [0, 0.05) is 13.2 Å². The first-order valence-corrected chi connectivity index (χ1v) is 6.45. The summed E-state index contributed by atoms with van der Waals surface area (Å²) < 4.78 is 10.1. The first kappa shape index (κ1) is 15.5. The van der Waals surface area contributed by atoms with E-state index >= 15 is 0 Å². The van der Waals surface area contributed by atoms with Crippen molar-refractivity contribution in [1.29, 1.82) is 0 Å². The highest BCUT2D eigenvalue weighted by molar-refractivity contribution is 5.94. The number of aromatic amines is 1. The molecule has 0 bridgehead atoms. The highest BCUT2D eigenvalue weighted by Gasteiger charge is 2.04. The Bertz CT molecular complexity index is 726. The largest absolute Gasteiger partial charge is 0.495 e. The number of aromatic nitrogens is 2. The molecule has 0 saturated heterocycles. The monoisotopic (exact) mass is 303 g/mol. The molecule has 1 aromatic carbocycles. The summed E-state index contributed by atoms with van der Waals surface area (Å²) >= 11 is 0. The Morgan fingerprint density at radius 1 is 1.41 bits per heavy atom. The van der Waals surface area contributed by atoms with Gasteiger partial charge in [0.15, 0.2) is 0 Å². The second-order valence-corrected chi connectivity index (χ2v) is 4.32. The summed E-state index contributed by atoms with van der Waals surface area (Å²) in [5.41, 5.74) is 6.62. The van der Waals surface area contributed by atoms with Gasteiger partial charge in [-0.05, 0) is 12.1 Å². The summed E-state index contributed by atoms with van der Waals surface area (Å²) in [5, 5.41) is 2.89. The zero-order valence-corrected chi connectivity index (χ0v) is 12.3. The van der Waals surface area contributed by atoms with Crippen LogP contribution < -0.4 is 21.3 Å². The number of nitrogens with two attached hydrogens (primary N) is 1. The van der Waals surface area contributed by atoms with Gasteiger partial charge < -0.3 is 20.5 Å². The topological polar surface area (TPSA) is 115 Å². The molecule has 4 N–H and O–H groups in total. The molecule has 0 unspecified atom stereocenters. The van der Waals surface area contributed by atoms with Gasteiger partial charge >= 0.3 is 0 Å². The second kappa shape index (κ2) is 7.23. The van der Waals surface area contributed by atoms with Crippen molar-refractivity contribution in [3.8, 4) is 5.75 Å². The molecule has 0 aliphatic carbocycles. The van der Waals surface area contributed by atoms with E-state index in [-0.39, 0.29) is 24.1 Å². The van der Waals surface area contributed by atoms with Crippen molar-refractivity contribution in [3.05, 3.63) is 46.4 Å². The Morgan fingerprint density at radius 3 is 2.91 bits per heavy atom. The van der Waals surface area contributed by atoms with E-state index in [1.807, 2.05) is 12.1 Å². The van der Waals surface area contributed by atoms with Crippen LogP contribution in [0.4, 0.5) is 11.6 Å². The number of H-pyrrole nitrogens is 1. The molecule has 0 atom stereocenters.